The smallest absolute Gasteiger partial charge is 0.167 e. The molecule has 2 N–H and O–H groups in total. The first-order valence-electron chi connectivity index (χ1n) is 13.8. The zero-order valence-electron chi connectivity index (χ0n) is 22.0. The average Bonchev–Trinajstić information content (AvgIpc) is 3.13. The van der Waals surface area contributed by atoms with Crippen molar-refractivity contribution in [1.29, 1.82) is 0 Å². The summed E-state index contributed by atoms with van der Waals surface area (Å²) in [5, 5.41) is 21.5. The van der Waals surface area contributed by atoms with Gasteiger partial charge in [0.1, 0.15) is 6.10 Å². The Morgan fingerprint density at radius 2 is 1.64 bits per heavy atom. The van der Waals surface area contributed by atoms with E-state index in [1.165, 1.54) is 37.7 Å². The van der Waals surface area contributed by atoms with Crippen LogP contribution in [-0.2, 0) is 4.79 Å². The van der Waals surface area contributed by atoms with Crippen molar-refractivity contribution in [2.75, 3.05) is 6.61 Å². The van der Waals surface area contributed by atoms with E-state index in [-0.39, 0.29) is 27.4 Å². The van der Waals surface area contributed by atoms with E-state index in [1.807, 2.05) is 0 Å². The molecule has 0 aromatic carbocycles. The highest BCUT2D eigenvalue weighted by molar-refractivity contribution is 5.89. The lowest BCUT2D eigenvalue weighted by Gasteiger charge is -2.72. The second-order valence-electron chi connectivity index (χ2n) is 14.5. The first-order valence-corrected chi connectivity index (χ1v) is 13.8. The van der Waals surface area contributed by atoms with E-state index in [0.717, 1.165) is 19.3 Å². The molecule has 0 radical (unpaired) electrons. The summed E-state index contributed by atoms with van der Waals surface area (Å²) in [7, 11) is 0. The largest absolute Gasteiger partial charge is 0.396 e. The van der Waals surface area contributed by atoms with E-state index < -0.39 is 11.5 Å². The Labute approximate surface area is 201 Å². The molecule has 3 nitrogen and oxygen atoms in total. The van der Waals surface area contributed by atoms with Crippen LogP contribution in [0.15, 0.2) is 12.2 Å². The van der Waals surface area contributed by atoms with Crippen molar-refractivity contribution in [3.8, 4) is 0 Å². The van der Waals surface area contributed by atoms with Crippen LogP contribution in [0.25, 0.3) is 0 Å². The minimum atomic E-state index is -0.815. The molecule has 0 amide bonds. The standard InChI is InChI=1S/C30H48O3/c1-18(2)19-10-13-30(17-31)15-14-28(6)20(24(19)30)8-9-23-27(5)16-21(32)25(33)26(3,4)22(27)11-12-29(23,28)7/h19-24,31-32H,1,8-17H2,2-7H3/t19-,20+,21+,22-,23+,24+,27-,28+,29+,30+/m0/s1. The Morgan fingerprint density at radius 1 is 0.939 bits per heavy atom. The number of carbonyl (C=O) groups is 1. The van der Waals surface area contributed by atoms with Crippen molar-refractivity contribution in [3.63, 3.8) is 0 Å². The zero-order chi connectivity index (χ0) is 24.2. The molecule has 33 heavy (non-hydrogen) atoms. The molecule has 5 aliphatic carbocycles. The molecule has 5 saturated carbocycles. The Balaban J connectivity index is 1.57. The second-order valence-corrected chi connectivity index (χ2v) is 14.5. The van der Waals surface area contributed by atoms with Crippen LogP contribution in [0.2, 0.25) is 0 Å². The second kappa shape index (κ2) is 7.19. The Hall–Kier alpha value is -0.670. The lowest BCUT2D eigenvalue weighted by atomic mass is 9.32. The van der Waals surface area contributed by atoms with E-state index in [2.05, 4.69) is 48.1 Å². The van der Waals surface area contributed by atoms with Gasteiger partial charge in [-0.3, -0.25) is 4.79 Å². The normalized spacial score (nSPS) is 55.2. The molecule has 0 spiro atoms. The van der Waals surface area contributed by atoms with Gasteiger partial charge in [0.15, 0.2) is 5.78 Å². The number of fused-ring (bicyclic) bond motifs is 7. The van der Waals surface area contributed by atoms with Gasteiger partial charge in [0.25, 0.3) is 0 Å². The fourth-order valence-corrected chi connectivity index (χ4v) is 11.5. The highest BCUT2D eigenvalue weighted by Gasteiger charge is 2.71. The van der Waals surface area contributed by atoms with Gasteiger partial charge in [0.2, 0.25) is 0 Å². The Bertz CT molecular complexity index is 861. The van der Waals surface area contributed by atoms with Gasteiger partial charge < -0.3 is 10.2 Å². The number of carbonyl (C=O) groups excluding carboxylic acids is 1. The van der Waals surface area contributed by atoms with Gasteiger partial charge in [-0.2, -0.15) is 0 Å². The van der Waals surface area contributed by atoms with Gasteiger partial charge in [0.05, 0.1) is 0 Å². The highest BCUT2D eigenvalue weighted by Crippen LogP contribution is 2.77. The molecular formula is C30H48O3. The van der Waals surface area contributed by atoms with Crippen molar-refractivity contribution in [2.24, 2.45) is 56.7 Å². The van der Waals surface area contributed by atoms with E-state index >= 15 is 0 Å². The predicted molar refractivity (Wildman–Crippen MR) is 132 cm³/mol. The summed E-state index contributed by atoms with van der Waals surface area (Å²) in [6.07, 6.45) is 9.21. The predicted octanol–water partition coefficient (Wildman–Crippen LogP) is 6.18. The SMILES string of the molecule is C=C(C)[C@@H]1CC[C@]2(CO)CC[C@]3(C)[C@H](CC[C@@H]4[C@@]5(C)C[C@@H](O)C(=O)C(C)(C)[C@@H]5CC[C@]43C)[C@@H]12. The minimum Gasteiger partial charge on any atom is -0.396 e. The number of allylic oxidation sites excluding steroid dienone is 1. The molecule has 0 unspecified atom stereocenters. The third-order valence-electron chi connectivity index (χ3n) is 13.3. The maximum absolute atomic E-state index is 13.0. The van der Waals surface area contributed by atoms with Crippen molar-refractivity contribution in [3.05, 3.63) is 12.2 Å². The zero-order valence-corrected chi connectivity index (χ0v) is 22.0. The van der Waals surface area contributed by atoms with Gasteiger partial charge in [-0.1, -0.05) is 46.8 Å². The van der Waals surface area contributed by atoms with Crippen LogP contribution in [0, 0.1) is 56.7 Å². The first-order chi connectivity index (χ1) is 15.3. The van der Waals surface area contributed by atoms with Gasteiger partial charge >= 0.3 is 0 Å². The molecule has 5 fully saturated rings. The summed E-state index contributed by atoms with van der Waals surface area (Å²) in [4.78, 5) is 13.0. The van der Waals surface area contributed by atoms with Crippen molar-refractivity contribution < 1.29 is 15.0 Å². The van der Waals surface area contributed by atoms with Crippen LogP contribution in [0.3, 0.4) is 0 Å². The highest BCUT2D eigenvalue weighted by atomic mass is 16.3. The summed E-state index contributed by atoms with van der Waals surface area (Å²) in [6, 6.07) is 0. The fourth-order valence-electron chi connectivity index (χ4n) is 11.5. The van der Waals surface area contributed by atoms with Gasteiger partial charge in [-0.05, 0) is 116 Å². The molecule has 0 aromatic heterocycles. The monoisotopic (exact) mass is 456 g/mol. The maximum atomic E-state index is 13.0. The molecule has 5 rings (SSSR count). The van der Waals surface area contributed by atoms with E-state index in [9.17, 15) is 15.0 Å². The third kappa shape index (κ3) is 2.79. The van der Waals surface area contributed by atoms with Crippen molar-refractivity contribution >= 4 is 5.78 Å². The molecule has 0 heterocycles. The molecular weight excluding hydrogens is 408 g/mol. The van der Waals surface area contributed by atoms with Crippen LogP contribution < -0.4 is 0 Å². The topological polar surface area (TPSA) is 57.5 Å². The van der Waals surface area contributed by atoms with Crippen LogP contribution >= 0.6 is 0 Å². The molecule has 3 heteroatoms. The van der Waals surface area contributed by atoms with Gasteiger partial charge in [-0.25, -0.2) is 0 Å². The summed E-state index contributed by atoms with van der Waals surface area (Å²) in [6.45, 7) is 18.8. The number of aliphatic hydroxyl groups is 2. The molecule has 5 aliphatic rings. The lowest BCUT2D eigenvalue weighted by molar-refractivity contribution is -0.242. The number of hydrogen-bond acceptors (Lipinski definition) is 3. The minimum absolute atomic E-state index is 0.00670. The van der Waals surface area contributed by atoms with E-state index in [4.69, 9.17) is 0 Å². The van der Waals surface area contributed by atoms with Crippen LogP contribution in [0.1, 0.15) is 99.3 Å². The number of hydrogen-bond donors (Lipinski definition) is 2. The van der Waals surface area contributed by atoms with E-state index in [0.29, 0.717) is 42.6 Å². The molecule has 186 valence electrons. The van der Waals surface area contributed by atoms with Crippen LogP contribution in [-0.4, -0.2) is 28.7 Å². The maximum Gasteiger partial charge on any atom is 0.167 e. The van der Waals surface area contributed by atoms with Crippen molar-refractivity contribution in [2.45, 2.75) is 105 Å². The first kappa shape index (κ1) is 24.0. The van der Waals surface area contributed by atoms with Gasteiger partial charge in [0, 0.05) is 12.0 Å². The Morgan fingerprint density at radius 3 is 2.27 bits per heavy atom. The lowest BCUT2D eigenvalue weighted by Crippen LogP contribution is -2.67. The number of aliphatic hydroxyl groups excluding tert-OH is 2. The fraction of sp³-hybridized carbons (Fsp3) is 0.900. The third-order valence-corrected chi connectivity index (χ3v) is 13.3. The van der Waals surface area contributed by atoms with Crippen LogP contribution in [0.5, 0.6) is 0 Å². The summed E-state index contributed by atoms with van der Waals surface area (Å²) in [5.74, 6) is 2.69. The summed E-state index contributed by atoms with van der Waals surface area (Å²) >= 11 is 0. The van der Waals surface area contributed by atoms with Gasteiger partial charge in [-0.15, -0.1) is 0 Å². The molecule has 0 bridgehead atoms. The molecule has 0 saturated heterocycles. The quantitative estimate of drug-likeness (QED) is 0.488. The summed E-state index contributed by atoms with van der Waals surface area (Å²) < 4.78 is 0. The van der Waals surface area contributed by atoms with Crippen molar-refractivity contribution in [1.82, 2.24) is 0 Å². The number of Topliss-reactive ketones (excluding diaryl/α,β-unsaturated/α-hetero) is 1. The van der Waals surface area contributed by atoms with Crippen LogP contribution in [0.4, 0.5) is 0 Å². The molecule has 10 atom stereocenters. The Kier molecular flexibility index (Phi) is 5.24. The molecule has 0 aromatic rings. The average molecular weight is 457 g/mol. The number of ketones is 1. The molecule has 0 aliphatic heterocycles. The number of rotatable bonds is 2. The van der Waals surface area contributed by atoms with E-state index in [1.54, 1.807) is 0 Å². The summed E-state index contributed by atoms with van der Waals surface area (Å²) in [5.41, 5.74) is 1.42.